The van der Waals surface area contributed by atoms with Crippen LogP contribution in [-0.2, 0) is 21.0 Å². The lowest BCUT2D eigenvalue weighted by Crippen LogP contribution is -2.44. The van der Waals surface area contributed by atoms with Gasteiger partial charge in [0.25, 0.3) is 0 Å². The van der Waals surface area contributed by atoms with E-state index in [1.807, 2.05) is 35.7 Å². The lowest BCUT2D eigenvalue weighted by molar-refractivity contribution is -0.150. The smallest absolute Gasteiger partial charge is 0.344 e. The average molecular weight is 387 g/mol. The van der Waals surface area contributed by atoms with Gasteiger partial charge in [-0.25, -0.2) is 9.78 Å². The molecule has 3 atom stereocenters. The number of carbonyl (C=O) groups excluding carboxylic acids is 2. The van der Waals surface area contributed by atoms with Gasteiger partial charge < -0.3 is 9.64 Å². The number of hydrogen-bond donors (Lipinski definition) is 0. The third kappa shape index (κ3) is 3.68. The molecule has 0 radical (unpaired) electrons. The molecule has 142 valence electrons. The molecule has 2 fully saturated rings. The van der Waals surface area contributed by atoms with Crippen molar-refractivity contribution in [2.45, 2.75) is 44.6 Å². The van der Waals surface area contributed by atoms with E-state index in [9.17, 15) is 9.59 Å². The predicted octanol–water partition coefficient (Wildman–Crippen LogP) is 3.15. The molecule has 0 N–H and O–H groups in total. The second kappa shape index (κ2) is 7.66. The van der Waals surface area contributed by atoms with Crippen LogP contribution < -0.4 is 0 Å². The molecule has 0 aliphatic carbocycles. The van der Waals surface area contributed by atoms with Crippen LogP contribution in [0.25, 0.3) is 0 Å². The summed E-state index contributed by atoms with van der Waals surface area (Å²) in [6, 6.07) is 9.39. The Bertz CT molecular complexity index is 799. The third-order valence-corrected chi connectivity index (χ3v) is 5.76. The fraction of sp³-hybridized carbons (Fsp3) is 0.421. The van der Waals surface area contributed by atoms with Gasteiger partial charge in [0.1, 0.15) is 11.6 Å². The van der Waals surface area contributed by atoms with Gasteiger partial charge in [-0.1, -0.05) is 30.3 Å². The average Bonchev–Trinajstić information content (AvgIpc) is 3.28. The number of urea groups is 1. The predicted molar refractivity (Wildman–Crippen MR) is 98.6 cm³/mol. The van der Waals surface area contributed by atoms with Gasteiger partial charge in [0.15, 0.2) is 6.10 Å². The highest BCUT2D eigenvalue weighted by atomic mass is 32.1. The molecule has 0 spiro atoms. The van der Waals surface area contributed by atoms with Crippen LogP contribution in [0.2, 0.25) is 0 Å². The Morgan fingerprint density at radius 3 is 2.85 bits per heavy atom. The van der Waals surface area contributed by atoms with Crippen LogP contribution in [-0.4, -0.2) is 45.6 Å². The lowest BCUT2D eigenvalue weighted by Gasteiger charge is -2.34. The maximum absolute atomic E-state index is 12.9. The number of piperidine rings is 1. The second-order valence-electron chi connectivity index (χ2n) is 6.72. The molecular weight excluding hydrogens is 366 g/mol. The number of nitrogens with zero attached hydrogens (tertiary/aromatic N) is 3. The number of fused-ring (bicyclic) bond motifs is 2. The number of rotatable bonds is 6. The summed E-state index contributed by atoms with van der Waals surface area (Å²) in [4.78, 5) is 36.5. The van der Waals surface area contributed by atoms with Crippen molar-refractivity contribution in [3.05, 3.63) is 52.5 Å². The molecule has 7 nitrogen and oxygen atoms in total. The van der Waals surface area contributed by atoms with E-state index in [-0.39, 0.29) is 24.1 Å². The zero-order chi connectivity index (χ0) is 18.8. The largest absolute Gasteiger partial charge is 0.453 e. The summed E-state index contributed by atoms with van der Waals surface area (Å²) in [5.74, 6) is -0.374. The van der Waals surface area contributed by atoms with Gasteiger partial charge in [0, 0.05) is 25.0 Å². The lowest BCUT2D eigenvalue weighted by atomic mass is 9.96. The number of carbonyl (C=O) groups is 2. The number of thiazole rings is 1. The molecular formula is C19H21N3O4S. The minimum atomic E-state index is -0.540. The molecule has 1 unspecified atom stereocenters. The van der Waals surface area contributed by atoms with Crippen molar-refractivity contribution in [2.75, 3.05) is 6.54 Å². The molecule has 3 heterocycles. The summed E-state index contributed by atoms with van der Waals surface area (Å²) in [6.45, 7) is 2.30. The number of hydrogen-bond acceptors (Lipinski definition) is 6. The number of hydroxylamine groups is 2. The van der Waals surface area contributed by atoms with Crippen LogP contribution in [0.5, 0.6) is 0 Å². The first-order chi connectivity index (χ1) is 13.1. The van der Waals surface area contributed by atoms with Crippen molar-refractivity contribution < 1.29 is 19.2 Å². The van der Waals surface area contributed by atoms with Crippen molar-refractivity contribution in [2.24, 2.45) is 0 Å². The zero-order valence-electron chi connectivity index (χ0n) is 15.0. The fourth-order valence-corrected chi connectivity index (χ4v) is 4.43. The van der Waals surface area contributed by atoms with Gasteiger partial charge in [0.2, 0.25) is 0 Å². The minimum Gasteiger partial charge on any atom is -0.453 e. The van der Waals surface area contributed by atoms with E-state index >= 15 is 0 Å². The Balaban J connectivity index is 1.49. The van der Waals surface area contributed by atoms with E-state index in [1.54, 1.807) is 11.1 Å². The number of aromatic nitrogens is 1. The normalized spacial score (nSPS) is 22.8. The van der Waals surface area contributed by atoms with Crippen molar-refractivity contribution in [3.63, 3.8) is 0 Å². The zero-order valence-corrected chi connectivity index (χ0v) is 15.8. The van der Waals surface area contributed by atoms with Gasteiger partial charge >= 0.3 is 12.0 Å². The SMILES string of the molecule is CC(=O)OC(c1nccs1)[C@@H]1CC[C@@H]2CN1C(=O)N2OCc1ccccc1. The Morgan fingerprint density at radius 2 is 2.15 bits per heavy atom. The summed E-state index contributed by atoms with van der Waals surface area (Å²) in [6.07, 6.45) is 2.68. The standard InChI is InChI=1S/C19H21N3O4S/c1-13(23)26-17(18-20-9-10-27-18)16-8-7-15-11-21(16)19(24)22(15)25-12-14-5-3-2-4-6-14/h2-6,9-10,15-17H,7-8,11-12H2,1H3/t15-,16+,17?/m1/s1. The first-order valence-corrected chi connectivity index (χ1v) is 9.84. The highest BCUT2D eigenvalue weighted by Crippen LogP contribution is 2.38. The Labute approximate surface area is 161 Å². The first-order valence-electron chi connectivity index (χ1n) is 8.97. The maximum atomic E-state index is 12.9. The van der Waals surface area contributed by atoms with Gasteiger partial charge in [-0.15, -0.1) is 11.3 Å². The van der Waals surface area contributed by atoms with Gasteiger partial charge in [-0.05, 0) is 18.4 Å². The Kier molecular flexibility index (Phi) is 5.09. The van der Waals surface area contributed by atoms with Crippen LogP contribution in [0.4, 0.5) is 4.79 Å². The van der Waals surface area contributed by atoms with Crippen LogP contribution in [0.15, 0.2) is 41.9 Å². The van der Waals surface area contributed by atoms with Crippen LogP contribution in [0.1, 0.15) is 36.4 Å². The highest BCUT2D eigenvalue weighted by molar-refractivity contribution is 7.09. The molecule has 0 saturated carbocycles. The molecule has 4 rings (SSSR count). The quantitative estimate of drug-likeness (QED) is 0.712. The van der Waals surface area contributed by atoms with E-state index in [4.69, 9.17) is 9.57 Å². The van der Waals surface area contributed by atoms with Crippen molar-refractivity contribution in [3.8, 4) is 0 Å². The number of amides is 2. The number of benzene rings is 1. The van der Waals surface area contributed by atoms with E-state index < -0.39 is 6.10 Å². The van der Waals surface area contributed by atoms with Crippen LogP contribution >= 0.6 is 11.3 Å². The van der Waals surface area contributed by atoms with Crippen molar-refractivity contribution in [1.82, 2.24) is 14.9 Å². The molecule has 2 aromatic rings. The van der Waals surface area contributed by atoms with Gasteiger partial charge in [0.05, 0.1) is 12.1 Å². The van der Waals surface area contributed by atoms with E-state index in [0.29, 0.717) is 18.2 Å². The second-order valence-corrected chi connectivity index (χ2v) is 7.64. The molecule has 2 aliphatic heterocycles. The van der Waals surface area contributed by atoms with Gasteiger partial charge in [-0.2, -0.15) is 5.06 Å². The Morgan fingerprint density at radius 1 is 1.33 bits per heavy atom. The van der Waals surface area contributed by atoms with Crippen molar-refractivity contribution >= 4 is 23.3 Å². The van der Waals surface area contributed by atoms with E-state index in [2.05, 4.69) is 4.98 Å². The topological polar surface area (TPSA) is 72.0 Å². The maximum Gasteiger partial charge on any atom is 0.344 e. The fourth-order valence-electron chi connectivity index (χ4n) is 3.71. The third-order valence-electron chi connectivity index (χ3n) is 4.92. The molecule has 1 aromatic carbocycles. The molecule has 2 bridgehead atoms. The summed E-state index contributed by atoms with van der Waals surface area (Å²) in [5, 5.41) is 4.04. The summed E-state index contributed by atoms with van der Waals surface area (Å²) < 4.78 is 5.55. The number of ether oxygens (including phenoxy) is 1. The minimum absolute atomic E-state index is 0.0201. The monoisotopic (exact) mass is 387 g/mol. The number of esters is 1. The highest BCUT2D eigenvalue weighted by Gasteiger charge is 2.49. The molecule has 27 heavy (non-hydrogen) atoms. The first kappa shape index (κ1) is 17.9. The van der Waals surface area contributed by atoms with E-state index in [0.717, 1.165) is 18.4 Å². The molecule has 1 aromatic heterocycles. The van der Waals surface area contributed by atoms with Crippen LogP contribution in [0.3, 0.4) is 0 Å². The summed E-state index contributed by atoms with van der Waals surface area (Å²) in [5.41, 5.74) is 1.01. The summed E-state index contributed by atoms with van der Waals surface area (Å²) in [7, 11) is 0. The molecule has 2 amide bonds. The van der Waals surface area contributed by atoms with Crippen LogP contribution in [0, 0.1) is 0 Å². The molecule has 2 aliphatic rings. The molecule has 8 heteroatoms. The van der Waals surface area contributed by atoms with E-state index in [1.165, 1.54) is 23.3 Å². The Hall–Kier alpha value is -2.45. The van der Waals surface area contributed by atoms with Gasteiger partial charge in [-0.3, -0.25) is 9.63 Å². The molecule has 2 saturated heterocycles. The van der Waals surface area contributed by atoms with Crippen molar-refractivity contribution in [1.29, 1.82) is 0 Å². The summed E-state index contributed by atoms with van der Waals surface area (Å²) >= 11 is 1.43.